The van der Waals surface area contributed by atoms with Crippen LogP contribution in [0.2, 0.25) is 0 Å². The Morgan fingerprint density at radius 3 is 2.47 bits per heavy atom. The van der Waals surface area contributed by atoms with Gasteiger partial charge in [-0.15, -0.1) is 0 Å². The maximum Gasteiger partial charge on any atom is 0.410 e. The molecule has 1 saturated heterocycles. The molecule has 1 aromatic carbocycles. The third-order valence-electron chi connectivity index (χ3n) is 5.14. The number of ether oxygens (including phenoxy) is 2. The van der Waals surface area contributed by atoms with E-state index in [1.807, 2.05) is 20.8 Å². The SMILES string of the molecule is CC(C)(C)OC(=O)N(CCC(=O)N1CCOCC1c1cc(F)cc(F)c1)CC1CC1. The standard InChI is InChI=1S/C22H30F2N2O4/c1-22(2,3)30-21(28)25(13-15-4-5-15)7-6-20(27)26-8-9-29-14-19(26)16-10-17(23)12-18(24)11-16/h10-12,15,19H,4-9,13-14H2,1-3H3. The normalized spacial score (nSPS) is 19.5. The highest BCUT2D eigenvalue weighted by Crippen LogP contribution is 2.31. The molecular weight excluding hydrogens is 394 g/mol. The first-order valence-electron chi connectivity index (χ1n) is 10.4. The van der Waals surface area contributed by atoms with Gasteiger partial charge >= 0.3 is 6.09 Å². The topological polar surface area (TPSA) is 59.1 Å². The molecule has 0 N–H and O–H groups in total. The van der Waals surface area contributed by atoms with E-state index in [0.717, 1.165) is 18.9 Å². The third kappa shape index (κ3) is 6.39. The Bertz CT molecular complexity index is 757. The molecule has 1 saturated carbocycles. The number of morpholine rings is 1. The van der Waals surface area contributed by atoms with Crippen LogP contribution in [0, 0.1) is 17.6 Å². The minimum atomic E-state index is -0.691. The molecule has 2 fully saturated rings. The molecule has 0 aromatic heterocycles. The molecule has 2 amide bonds. The lowest BCUT2D eigenvalue weighted by Crippen LogP contribution is -2.45. The average molecular weight is 424 g/mol. The summed E-state index contributed by atoms with van der Waals surface area (Å²) in [7, 11) is 0. The Balaban J connectivity index is 1.66. The largest absolute Gasteiger partial charge is 0.444 e. The zero-order valence-electron chi connectivity index (χ0n) is 17.8. The van der Waals surface area contributed by atoms with E-state index >= 15 is 0 Å². The number of benzene rings is 1. The summed E-state index contributed by atoms with van der Waals surface area (Å²) in [5.41, 5.74) is -0.248. The predicted molar refractivity (Wildman–Crippen MR) is 107 cm³/mol. The second-order valence-corrected chi connectivity index (χ2v) is 9.00. The number of halogens is 2. The van der Waals surface area contributed by atoms with Gasteiger partial charge in [0.1, 0.15) is 17.2 Å². The lowest BCUT2D eigenvalue weighted by atomic mass is 10.0. The number of hydrogen-bond donors (Lipinski definition) is 0. The molecule has 0 spiro atoms. The monoisotopic (exact) mass is 424 g/mol. The summed E-state index contributed by atoms with van der Waals surface area (Å²) in [6.07, 6.45) is 1.83. The minimum absolute atomic E-state index is 0.111. The van der Waals surface area contributed by atoms with Crippen molar-refractivity contribution in [1.82, 2.24) is 9.80 Å². The van der Waals surface area contributed by atoms with Crippen LogP contribution in [0.25, 0.3) is 0 Å². The van der Waals surface area contributed by atoms with Crippen molar-refractivity contribution in [2.75, 3.05) is 32.8 Å². The highest BCUT2D eigenvalue weighted by Gasteiger charge is 2.32. The maximum atomic E-state index is 13.7. The van der Waals surface area contributed by atoms with E-state index in [1.54, 1.807) is 9.80 Å². The van der Waals surface area contributed by atoms with E-state index in [0.29, 0.717) is 31.2 Å². The summed E-state index contributed by atoms with van der Waals surface area (Å²) >= 11 is 0. The summed E-state index contributed by atoms with van der Waals surface area (Å²) in [6, 6.07) is 2.69. The van der Waals surface area contributed by atoms with Crippen molar-refractivity contribution < 1.29 is 27.8 Å². The fourth-order valence-electron chi connectivity index (χ4n) is 3.52. The molecule has 6 nitrogen and oxygen atoms in total. The third-order valence-corrected chi connectivity index (χ3v) is 5.14. The Hall–Kier alpha value is -2.22. The molecule has 1 atom stereocenters. The van der Waals surface area contributed by atoms with Crippen LogP contribution in [-0.2, 0) is 14.3 Å². The van der Waals surface area contributed by atoms with Crippen LogP contribution in [0.5, 0.6) is 0 Å². The number of hydrogen-bond acceptors (Lipinski definition) is 4. The number of amides is 2. The molecule has 0 radical (unpaired) electrons. The van der Waals surface area contributed by atoms with Crippen LogP contribution in [0.4, 0.5) is 13.6 Å². The molecule has 1 heterocycles. The van der Waals surface area contributed by atoms with E-state index in [4.69, 9.17) is 9.47 Å². The van der Waals surface area contributed by atoms with Gasteiger partial charge in [0.2, 0.25) is 5.91 Å². The molecule has 1 aliphatic carbocycles. The van der Waals surface area contributed by atoms with Crippen LogP contribution in [0.15, 0.2) is 18.2 Å². The summed E-state index contributed by atoms with van der Waals surface area (Å²) < 4.78 is 38.3. The van der Waals surface area contributed by atoms with E-state index in [1.165, 1.54) is 12.1 Å². The van der Waals surface area contributed by atoms with Gasteiger partial charge in [-0.3, -0.25) is 4.79 Å². The predicted octanol–water partition coefficient (Wildman–Crippen LogP) is 3.90. The molecule has 166 valence electrons. The quantitative estimate of drug-likeness (QED) is 0.695. The lowest BCUT2D eigenvalue weighted by molar-refractivity contribution is -0.140. The van der Waals surface area contributed by atoms with E-state index in [-0.39, 0.29) is 25.5 Å². The van der Waals surface area contributed by atoms with Crippen LogP contribution in [0.3, 0.4) is 0 Å². The first-order valence-corrected chi connectivity index (χ1v) is 10.4. The summed E-state index contributed by atoms with van der Waals surface area (Å²) in [6.45, 7) is 7.10. The fraction of sp³-hybridized carbons (Fsp3) is 0.636. The molecule has 8 heteroatoms. The first-order chi connectivity index (χ1) is 14.1. The zero-order valence-corrected chi connectivity index (χ0v) is 17.8. The Morgan fingerprint density at radius 1 is 1.20 bits per heavy atom. The van der Waals surface area contributed by atoms with Crippen LogP contribution in [0.1, 0.15) is 51.6 Å². The van der Waals surface area contributed by atoms with Crippen LogP contribution >= 0.6 is 0 Å². The number of rotatable bonds is 6. The van der Waals surface area contributed by atoms with Crippen molar-refractivity contribution in [2.45, 2.75) is 51.7 Å². The highest BCUT2D eigenvalue weighted by atomic mass is 19.1. The molecule has 3 rings (SSSR count). The summed E-state index contributed by atoms with van der Waals surface area (Å²) in [4.78, 5) is 28.7. The van der Waals surface area contributed by atoms with Crippen molar-refractivity contribution in [3.05, 3.63) is 35.4 Å². The Kier molecular flexibility index (Phi) is 6.95. The van der Waals surface area contributed by atoms with E-state index < -0.39 is 29.4 Å². The molecule has 1 aliphatic heterocycles. The first kappa shape index (κ1) is 22.5. The van der Waals surface area contributed by atoms with E-state index in [9.17, 15) is 18.4 Å². The van der Waals surface area contributed by atoms with Crippen molar-refractivity contribution in [1.29, 1.82) is 0 Å². The van der Waals surface area contributed by atoms with Crippen LogP contribution in [-0.4, -0.2) is 60.2 Å². The number of nitrogens with zero attached hydrogens (tertiary/aromatic N) is 2. The molecule has 30 heavy (non-hydrogen) atoms. The van der Waals surface area contributed by atoms with Crippen LogP contribution < -0.4 is 0 Å². The van der Waals surface area contributed by atoms with Gasteiger partial charge < -0.3 is 19.3 Å². The molecule has 2 aliphatic rings. The van der Waals surface area contributed by atoms with Gasteiger partial charge in [-0.2, -0.15) is 0 Å². The summed E-state index contributed by atoms with van der Waals surface area (Å²) in [5, 5.41) is 0. The summed E-state index contributed by atoms with van der Waals surface area (Å²) in [5.74, 6) is -1.11. The minimum Gasteiger partial charge on any atom is -0.444 e. The molecule has 1 unspecified atom stereocenters. The fourth-order valence-corrected chi connectivity index (χ4v) is 3.52. The van der Waals surface area contributed by atoms with Gasteiger partial charge in [0.15, 0.2) is 0 Å². The van der Waals surface area contributed by atoms with Gasteiger partial charge in [0, 0.05) is 32.1 Å². The zero-order chi connectivity index (χ0) is 21.9. The Labute approximate surface area is 176 Å². The maximum absolute atomic E-state index is 13.7. The van der Waals surface area contributed by atoms with Crippen molar-refractivity contribution >= 4 is 12.0 Å². The molecule has 0 bridgehead atoms. The smallest absolute Gasteiger partial charge is 0.410 e. The van der Waals surface area contributed by atoms with Gasteiger partial charge in [-0.05, 0) is 57.2 Å². The molecule has 1 aromatic rings. The van der Waals surface area contributed by atoms with Gasteiger partial charge in [0.25, 0.3) is 0 Å². The second-order valence-electron chi connectivity index (χ2n) is 9.00. The second kappa shape index (κ2) is 9.29. The lowest BCUT2D eigenvalue weighted by Gasteiger charge is -2.36. The van der Waals surface area contributed by atoms with Crippen molar-refractivity contribution in [3.8, 4) is 0 Å². The molecular formula is C22H30F2N2O4. The van der Waals surface area contributed by atoms with Gasteiger partial charge in [-0.25, -0.2) is 13.6 Å². The van der Waals surface area contributed by atoms with Gasteiger partial charge in [0.05, 0.1) is 19.3 Å². The van der Waals surface area contributed by atoms with Gasteiger partial charge in [-0.1, -0.05) is 0 Å². The Morgan fingerprint density at radius 2 is 1.87 bits per heavy atom. The highest BCUT2D eigenvalue weighted by molar-refractivity contribution is 5.78. The van der Waals surface area contributed by atoms with E-state index in [2.05, 4.69) is 0 Å². The average Bonchev–Trinajstić information content (AvgIpc) is 3.46. The van der Waals surface area contributed by atoms with Crippen molar-refractivity contribution in [3.63, 3.8) is 0 Å². The van der Waals surface area contributed by atoms with Crippen molar-refractivity contribution in [2.24, 2.45) is 5.92 Å². The number of carbonyl (C=O) groups excluding carboxylic acids is 2. The number of carbonyl (C=O) groups is 2.